The number of carbonyl (C=O) groups is 2. The number of hydrogen-bond acceptors (Lipinski definition) is 7. The number of amides is 2. The van der Waals surface area contributed by atoms with Crippen LogP contribution in [0.3, 0.4) is 0 Å². The van der Waals surface area contributed by atoms with Gasteiger partial charge in [0.25, 0.3) is 10.0 Å². The molecule has 0 radical (unpaired) electrons. The summed E-state index contributed by atoms with van der Waals surface area (Å²) in [7, 11) is -1.52. The lowest BCUT2D eigenvalue weighted by molar-refractivity contribution is -0.140. The molecule has 12 heteroatoms. The Bertz CT molecular complexity index is 1820. The molecule has 0 fully saturated rings. The van der Waals surface area contributed by atoms with Crippen LogP contribution in [0.15, 0.2) is 102 Å². The van der Waals surface area contributed by atoms with Crippen LogP contribution in [0.4, 0.5) is 5.69 Å². The highest BCUT2D eigenvalue weighted by Gasteiger charge is 2.35. The molecule has 4 rings (SSSR count). The number of rotatable bonds is 18. The number of anilines is 1. The van der Waals surface area contributed by atoms with Crippen LogP contribution in [0, 0.1) is 0 Å². The lowest BCUT2D eigenvalue weighted by Gasteiger charge is -2.34. The molecule has 0 aliphatic rings. The fourth-order valence-corrected chi connectivity index (χ4v) is 7.00. The number of halogens is 1. The van der Waals surface area contributed by atoms with Crippen molar-refractivity contribution in [3.63, 3.8) is 0 Å². The Morgan fingerprint density at radius 3 is 2.18 bits per heavy atom. The maximum absolute atomic E-state index is 14.7. The first kappa shape index (κ1) is 38.1. The van der Waals surface area contributed by atoms with Crippen molar-refractivity contribution in [2.75, 3.05) is 38.2 Å². The first-order chi connectivity index (χ1) is 24.1. The van der Waals surface area contributed by atoms with Crippen LogP contribution in [-0.4, -0.2) is 65.1 Å². The van der Waals surface area contributed by atoms with E-state index in [1.165, 1.54) is 37.3 Å². The summed E-state index contributed by atoms with van der Waals surface area (Å²) in [5.41, 5.74) is 1.67. The second-order valence-corrected chi connectivity index (χ2v) is 13.7. The van der Waals surface area contributed by atoms with E-state index in [-0.39, 0.29) is 35.2 Å². The van der Waals surface area contributed by atoms with Gasteiger partial charge in [0.05, 0.1) is 31.4 Å². The second-order valence-electron chi connectivity index (χ2n) is 11.4. The van der Waals surface area contributed by atoms with Crippen molar-refractivity contribution in [1.82, 2.24) is 10.2 Å². The smallest absolute Gasteiger partial charge is 0.264 e. The Morgan fingerprint density at radius 1 is 0.860 bits per heavy atom. The minimum atomic E-state index is -4.39. The third kappa shape index (κ3) is 9.70. The number of nitrogens with one attached hydrogen (secondary N) is 1. The number of methoxy groups -OCH3 is 2. The van der Waals surface area contributed by atoms with Crippen molar-refractivity contribution in [2.24, 2.45) is 0 Å². The number of unbranched alkanes of at least 4 members (excludes halogenated alkanes) is 1. The van der Waals surface area contributed by atoms with E-state index >= 15 is 0 Å². The number of nitrogens with zero attached hydrogens (tertiary/aromatic N) is 2. The monoisotopic (exact) mass is 721 g/mol. The summed E-state index contributed by atoms with van der Waals surface area (Å²) >= 11 is 6.59. The molecule has 0 saturated heterocycles. The topological polar surface area (TPSA) is 114 Å². The van der Waals surface area contributed by atoms with E-state index in [0.29, 0.717) is 35.2 Å². The van der Waals surface area contributed by atoms with Crippen LogP contribution in [0.2, 0.25) is 5.02 Å². The SMILES string of the molecule is CCCCNC(=O)[C@@H](Cc1ccccc1)N(Cc1ccccc1Cl)C(=O)CN(c1ccc(OCC)cc1)S(=O)(=O)c1ccc(OC)c(OC)c1. The standard InChI is InChI=1S/C38H44ClN3O7S/c1-5-7-23-40-38(44)34(24-28-13-9-8-10-14-28)41(26-29-15-11-12-16-33(29)39)37(43)27-42(30-17-19-31(20-18-30)49-6-2)50(45,46)32-21-22-35(47-3)36(25-32)48-4/h8-22,25,34H,5-7,23-24,26-27H2,1-4H3,(H,40,44)/t34-/m1/s1. The van der Waals surface area contributed by atoms with Crippen molar-refractivity contribution in [2.45, 2.75) is 50.6 Å². The molecule has 266 valence electrons. The van der Waals surface area contributed by atoms with Gasteiger partial charge in [-0.1, -0.05) is 73.5 Å². The molecular weight excluding hydrogens is 678 g/mol. The Hall–Kier alpha value is -4.74. The molecule has 4 aromatic carbocycles. The molecule has 1 atom stereocenters. The number of benzene rings is 4. The van der Waals surface area contributed by atoms with Crippen molar-refractivity contribution < 1.29 is 32.2 Å². The van der Waals surface area contributed by atoms with Gasteiger partial charge in [0.2, 0.25) is 11.8 Å². The molecule has 0 aliphatic carbocycles. The Balaban J connectivity index is 1.83. The van der Waals surface area contributed by atoms with Gasteiger partial charge in [0.1, 0.15) is 18.3 Å². The highest BCUT2D eigenvalue weighted by atomic mass is 35.5. The third-order valence-corrected chi connectivity index (χ3v) is 10.2. The number of sulfonamides is 1. The lowest BCUT2D eigenvalue weighted by atomic mass is 10.0. The molecule has 0 saturated carbocycles. The second kappa shape index (κ2) is 18.3. The average Bonchev–Trinajstić information content (AvgIpc) is 3.13. The zero-order chi connectivity index (χ0) is 36.1. The van der Waals surface area contributed by atoms with E-state index < -0.39 is 28.5 Å². The fraction of sp³-hybridized carbons (Fsp3) is 0.316. The van der Waals surface area contributed by atoms with Crippen molar-refractivity contribution in [3.8, 4) is 17.2 Å². The maximum Gasteiger partial charge on any atom is 0.264 e. The molecule has 50 heavy (non-hydrogen) atoms. The first-order valence-electron chi connectivity index (χ1n) is 16.4. The van der Waals surface area contributed by atoms with Crippen LogP contribution in [0.5, 0.6) is 17.2 Å². The van der Waals surface area contributed by atoms with Gasteiger partial charge >= 0.3 is 0 Å². The molecule has 0 spiro atoms. The largest absolute Gasteiger partial charge is 0.494 e. The molecule has 0 aromatic heterocycles. The normalized spacial score (nSPS) is 11.7. The summed E-state index contributed by atoms with van der Waals surface area (Å²) in [4.78, 5) is 29.9. The predicted octanol–water partition coefficient (Wildman–Crippen LogP) is 6.51. The van der Waals surface area contributed by atoms with Crippen molar-refractivity contribution >= 4 is 39.1 Å². The van der Waals surface area contributed by atoms with Crippen LogP contribution in [-0.2, 0) is 32.6 Å². The summed E-state index contributed by atoms with van der Waals surface area (Å²) in [6, 6.07) is 26.1. The predicted molar refractivity (Wildman–Crippen MR) is 196 cm³/mol. The number of carbonyl (C=O) groups excluding carboxylic acids is 2. The number of hydrogen-bond donors (Lipinski definition) is 1. The average molecular weight is 722 g/mol. The van der Waals surface area contributed by atoms with E-state index in [9.17, 15) is 18.0 Å². The van der Waals surface area contributed by atoms with Crippen molar-refractivity contribution in [1.29, 1.82) is 0 Å². The highest BCUT2D eigenvalue weighted by molar-refractivity contribution is 7.92. The number of ether oxygens (including phenoxy) is 3. The van der Waals surface area contributed by atoms with Crippen LogP contribution < -0.4 is 23.8 Å². The van der Waals surface area contributed by atoms with E-state index in [4.69, 9.17) is 25.8 Å². The van der Waals surface area contributed by atoms with Gasteiger partial charge in [-0.3, -0.25) is 13.9 Å². The highest BCUT2D eigenvalue weighted by Crippen LogP contribution is 2.33. The summed E-state index contributed by atoms with van der Waals surface area (Å²) in [5.74, 6) is 0.142. The van der Waals surface area contributed by atoms with Crippen LogP contribution in [0.1, 0.15) is 37.8 Å². The summed E-state index contributed by atoms with van der Waals surface area (Å²) in [6.45, 7) is 4.06. The fourth-order valence-electron chi connectivity index (χ4n) is 5.38. The molecule has 0 unspecified atom stereocenters. The summed E-state index contributed by atoms with van der Waals surface area (Å²) in [5, 5.41) is 3.40. The van der Waals surface area contributed by atoms with Gasteiger partial charge < -0.3 is 24.4 Å². The minimum Gasteiger partial charge on any atom is -0.494 e. The summed E-state index contributed by atoms with van der Waals surface area (Å²) in [6.07, 6.45) is 1.83. The molecule has 2 amide bonds. The lowest BCUT2D eigenvalue weighted by Crippen LogP contribution is -2.53. The van der Waals surface area contributed by atoms with Gasteiger partial charge in [-0.25, -0.2) is 8.42 Å². The zero-order valence-electron chi connectivity index (χ0n) is 28.8. The van der Waals surface area contributed by atoms with Gasteiger partial charge in [-0.2, -0.15) is 0 Å². The zero-order valence-corrected chi connectivity index (χ0v) is 30.4. The van der Waals surface area contributed by atoms with E-state index in [0.717, 1.165) is 22.7 Å². The van der Waals surface area contributed by atoms with Crippen LogP contribution in [0.25, 0.3) is 0 Å². The molecule has 0 heterocycles. The molecule has 1 N–H and O–H groups in total. The Morgan fingerprint density at radius 2 is 1.54 bits per heavy atom. The molecule has 0 bridgehead atoms. The van der Waals surface area contributed by atoms with Gasteiger partial charge in [-0.05, 0) is 66.9 Å². The van der Waals surface area contributed by atoms with E-state index in [1.807, 2.05) is 44.2 Å². The van der Waals surface area contributed by atoms with E-state index in [1.54, 1.807) is 48.5 Å². The molecule has 4 aromatic rings. The summed E-state index contributed by atoms with van der Waals surface area (Å²) < 4.78 is 46.3. The quantitative estimate of drug-likeness (QED) is 0.117. The Labute approximate surface area is 300 Å². The molecular formula is C38H44ClN3O7S. The van der Waals surface area contributed by atoms with Gasteiger partial charge in [0, 0.05) is 30.6 Å². The minimum absolute atomic E-state index is 0.0370. The van der Waals surface area contributed by atoms with Gasteiger partial charge in [0.15, 0.2) is 11.5 Å². The third-order valence-electron chi connectivity index (χ3n) is 8.06. The Kier molecular flexibility index (Phi) is 13.9. The molecule has 0 aliphatic heterocycles. The maximum atomic E-state index is 14.7. The first-order valence-corrected chi connectivity index (χ1v) is 18.3. The van der Waals surface area contributed by atoms with Crippen molar-refractivity contribution in [3.05, 3.63) is 113 Å². The van der Waals surface area contributed by atoms with Crippen LogP contribution >= 0.6 is 11.6 Å². The molecule has 10 nitrogen and oxygen atoms in total. The van der Waals surface area contributed by atoms with E-state index in [2.05, 4.69) is 5.32 Å². The van der Waals surface area contributed by atoms with Gasteiger partial charge in [-0.15, -0.1) is 0 Å².